The minimum absolute atomic E-state index is 0.0513. The number of nitrogens with zero attached hydrogens (tertiary/aromatic N) is 3. The van der Waals surface area contributed by atoms with Gasteiger partial charge < -0.3 is 14.8 Å². The minimum Gasteiger partial charge on any atom is -0.493 e. The molecule has 0 bridgehead atoms. The average Bonchev–Trinajstić information content (AvgIpc) is 2.87. The van der Waals surface area contributed by atoms with Crippen molar-refractivity contribution in [3.05, 3.63) is 83.7 Å². The van der Waals surface area contributed by atoms with Crippen molar-refractivity contribution >= 4 is 17.3 Å². The molecular weight excluding hydrogens is 461 g/mol. The fraction of sp³-hybridized carbons (Fsp3) is 0.240. The van der Waals surface area contributed by atoms with Gasteiger partial charge in [0.1, 0.15) is 0 Å². The Bertz CT molecular complexity index is 1220. The molecule has 2 aromatic carbocycles. The molecule has 35 heavy (non-hydrogen) atoms. The molecule has 0 fully saturated rings. The molecule has 3 aromatic rings. The first-order valence-electron chi connectivity index (χ1n) is 10.9. The van der Waals surface area contributed by atoms with Crippen LogP contribution in [-0.4, -0.2) is 41.6 Å². The van der Waals surface area contributed by atoms with Gasteiger partial charge in [0.2, 0.25) is 0 Å². The van der Waals surface area contributed by atoms with E-state index in [9.17, 15) is 18.0 Å². The van der Waals surface area contributed by atoms with Gasteiger partial charge in [0.05, 0.1) is 18.4 Å². The number of methoxy groups -OCH3 is 1. The fourth-order valence-electron chi connectivity index (χ4n) is 3.71. The Labute approximate surface area is 200 Å². The molecule has 10 heteroatoms. The molecule has 1 aromatic heterocycles. The van der Waals surface area contributed by atoms with Crippen LogP contribution in [0.1, 0.15) is 34.3 Å². The maximum Gasteiger partial charge on any atom is 0.573 e. The van der Waals surface area contributed by atoms with Crippen LogP contribution in [0.15, 0.2) is 72.1 Å². The van der Waals surface area contributed by atoms with E-state index in [1.165, 1.54) is 24.3 Å². The second-order valence-corrected chi connectivity index (χ2v) is 7.75. The molecule has 0 aliphatic carbocycles. The van der Waals surface area contributed by atoms with E-state index in [1.807, 2.05) is 24.3 Å². The van der Waals surface area contributed by atoms with Gasteiger partial charge >= 0.3 is 6.36 Å². The van der Waals surface area contributed by atoms with E-state index in [1.54, 1.807) is 30.6 Å². The number of ether oxygens (including phenoxy) is 2. The molecule has 0 unspecified atom stereocenters. The number of amides is 1. The number of rotatable bonds is 7. The number of hydrogen-bond donors (Lipinski definition) is 1. The first-order valence-corrected chi connectivity index (χ1v) is 10.9. The summed E-state index contributed by atoms with van der Waals surface area (Å²) in [6.45, 7) is 0.901. The van der Waals surface area contributed by atoms with Crippen molar-refractivity contribution < 1.29 is 27.4 Å². The molecule has 1 aliphatic rings. The second-order valence-electron chi connectivity index (χ2n) is 7.75. The van der Waals surface area contributed by atoms with Crippen LogP contribution in [0.4, 0.5) is 18.9 Å². The minimum atomic E-state index is -4.87. The van der Waals surface area contributed by atoms with Crippen molar-refractivity contribution in [1.82, 2.24) is 9.99 Å². The highest BCUT2D eigenvalue weighted by molar-refractivity contribution is 6.04. The quantitative estimate of drug-likeness (QED) is 0.496. The number of aromatic nitrogens is 1. The van der Waals surface area contributed by atoms with E-state index in [0.29, 0.717) is 48.5 Å². The molecule has 7 nitrogen and oxygen atoms in total. The van der Waals surface area contributed by atoms with Gasteiger partial charge in [-0.1, -0.05) is 12.1 Å². The number of carbonyl (C=O) groups excluding carboxylic acids is 1. The van der Waals surface area contributed by atoms with E-state index >= 15 is 0 Å². The van der Waals surface area contributed by atoms with E-state index in [0.717, 1.165) is 5.56 Å². The highest BCUT2D eigenvalue weighted by Crippen LogP contribution is 2.34. The lowest BCUT2D eigenvalue weighted by molar-refractivity contribution is -0.275. The summed E-state index contributed by atoms with van der Waals surface area (Å²) >= 11 is 0. The second kappa shape index (κ2) is 10.5. The summed E-state index contributed by atoms with van der Waals surface area (Å²) in [5, 5.41) is 9.09. The number of halogens is 3. The third kappa shape index (κ3) is 6.08. The zero-order chi connectivity index (χ0) is 24.8. The first kappa shape index (κ1) is 24.1. The van der Waals surface area contributed by atoms with Gasteiger partial charge in [-0.05, 0) is 60.9 Å². The van der Waals surface area contributed by atoms with Gasteiger partial charge in [0.15, 0.2) is 11.5 Å². The van der Waals surface area contributed by atoms with Crippen LogP contribution in [-0.2, 0) is 6.54 Å². The SMILES string of the molecule is COc1ccc(C2=NN(C(=O)c3ccccc3NCc3ccncc3)CCC2)cc1OC(F)(F)F. The smallest absolute Gasteiger partial charge is 0.493 e. The van der Waals surface area contributed by atoms with Crippen LogP contribution >= 0.6 is 0 Å². The summed E-state index contributed by atoms with van der Waals surface area (Å²) in [6.07, 6.45) is -0.359. The predicted octanol–water partition coefficient (Wildman–Crippen LogP) is 5.24. The van der Waals surface area contributed by atoms with Crippen molar-refractivity contribution in [2.24, 2.45) is 5.10 Å². The highest BCUT2D eigenvalue weighted by atomic mass is 19.4. The number of hydrazone groups is 1. The molecule has 1 aliphatic heterocycles. The Morgan fingerprint density at radius 2 is 1.86 bits per heavy atom. The van der Waals surface area contributed by atoms with Gasteiger partial charge in [-0.15, -0.1) is 13.2 Å². The maximum absolute atomic E-state index is 13.3. The summed E-state index contributed by atoms with van der Waals surface area (Å²) in [7, 11) is 1.26. The molecule has 2 heterocycles. The normalized spacial score (nSPS) is 13.7. The van der Waals surface area contributed by atoms with Crippen LogP contribution in [0.5, 0.6) is 11.5 Å². The number of hydrogen-bond acceptors (Lipinski definition) is 6. The lowest BCUT2D eigenvalue weighted by Crippen LogP contribution is -2.32. The van der Waals surface area contributed by atoms with Crippen LogP contribution in [0.3, 0.4) is 0 Å². The van der Waals surface area contributed by atoms with Crippen molar-refractivity contribution in [2.75, 3.05) is 19.0 Å². The van der Waals surface area contributed by atoms with E-state index in [2.05, 4.69) is 20.1 Å². The third-order valence-corrected chi connectivity index (χ3v) is 5.37. The molecular formula is C25H23F3N4O3. The molecule has 182 valence electrons. The summed E-state index contributed by atoms with van der Waals surface area (Å²) < 4.78 is 47.6. The van der Waals surface area contributed by atoms with Gasteiger partial charge in [-0.3, -0.25) is 9.78 Å². The van der Waals surface area contributed by atoms with Crippen molar-refractivity contribution in [3.8, 4) is 11.5 Å². The summed E-state index contributed by atoms with van der Waals surface area (Å²) in [6, 6.07) is 15.1. The van der Waals surface area contributed by atoms with Gasteiger partial charge in [-0.2, -0.15) is 5.10 Å². The maximum atomic E-state index is 13.3. The van der Waals surface area contributed by atoms with Crippen LogP contribution < -0.4 is 14.8 Å². The zero-order valence-corrected chi connectivity index (χ0v) is 18.9. The number of anilines is 1. The Kier molecular flexibility index (Phi) is 7.19. The number of benzene rings is 2. The van der Waals surface area contributed by atoms with Crippen molar-refractivity contribution in [3.63, 3.8) is 0 Å². The first-order chi connectivity index (χ1) is 16.8. The van der Waals surface area contributed by atoms with Crippen molar-refractivity contribution in [1.29, 1.82) is 0 Å². The Morgan fingerprint density at radius 1 is 1.09 bits per heavy atom. The number of para-hydroxylation sites is 1. The zero-order valence-electron chi connectivity index (χ0n) is 18.9. The predicted molar refractivity (Wildman–Crippen MR) is 124 cm³/mol. The van der Waals surface area contributed by atoms with Gasteiger partial charge in [0, 0.05) is 36.7 Å². The monoisotopic (exact) mass is 484 g/mol. The summed E-state index contributed by atoms with van der Waals surface area (Å²) in [5.41, 5.74) is 3.02. The molecule has 0 radical (unpaired) electrons. The molecule has 0 saturated carbocycles. The Hall–Kier alpha value is -4.08. The molecule has 1 N–H and O–H groups in total. The molecule has 0 atom stereocenters. The topological polar surface area (TPSA) is 76.0 Å². The van der Waals surface area contributed by atoms with E-state index < -0.39 is 12.1 Å². The van der Waals surface area contributed by atoms with Gasteiger partial charge in [0.25, 0.3) is 5.91 Å². The molecule has 1 amide bonds. The number of alkyl halides is 3. The summed E-state index contributed by atoms with van der Waals surface area (Å²) in [5.74, 6) is -0.820. The molecule has 0 spiro atoms. The lowest BCUT2D eigenvalue weighted by atomic mass is 10.0. The lowest BCUT2D eigenvalue weighted by Gasteiger charge is -2.25. The molecule has 4 rings (SSSR count). The summed E-state index contributed by atoms with van der Waals surface area (Å²) in [4.78, 5) is 17.3. The number of pyridine rings is 1. The largest absolute Gasteiger partial charge is 0.573 e. The van der Waals surface area contributed by atoms with Crippen molar-refractivity contribution in [2.45, 2.75) is 25.7 Å². The average molecular weight is 484 g/mol. The Morgan fingerprint density at radius 3 is 2.60 bits per heavy atom. The fourth-order valence-corrected chi connectivity index (χ4v) is 3.71. The van der Waals surface area contributed by atoms with E-state index in [-0.39, 0.29) is 11.7 Å². The standard InChI is InChI=1S/C25H23F3N4O3/c1-34-22-9-8-18(15-23(22)35-25(26,27)28)20-7-4-14-32(31-20)24(33)19-5-2-3-6-21(19)30-16-17-10-12-29-13-11-17/h2-3,5-6,8-13,15,30H,4,7,14,16H2,1H3. The highest BCUT2D eigenvalue weighted by Gasteiger charge is 2.33. The van der Waals surface area contributed by atoms with Crippen LogP contribution in [0.2, 0.25) is 0 Å². The van der Waals surface area contributed by atoms with Crippen LogP contribution in [0, 0.1) is 0 Å². The van der Waals surface area contributed by atoms with E-state index in [4.69, 9.17) is 4.74 Å². The molecule has 0 saturated heterocycles. The van der Waals surface area contributed by atoms with Gasteiger partial charge in [-0.25, -0.2) is 5.01 Å². The van der Waals surface area contributed by atoms with Crippen LogP contribution in [0.25, 0.3) is 0 Å². The Balaban J connectivity index is 1.57. The number of carbonyl (C=O) groups is 1. The number of nitrogens with one attached hydrogen (secondary N) is 1. The third-order valence-electron chi connectivity index (χ3n) is 5.37.